The molecule has 1 atom stereocenters. The molecule has 0 spiro atoms. The number of aromatic hydroxyl groups is 1. The van der Waals surface area contributed by atoms with E-state index in [0.29, 0.717) is 18.4 Å². The minimum Gasteiger partial charge on any atom is -0.504 e. The van der Waals surface area contributed by atoms with Gasteiger partial charge in [-0.05, 0) is 18.9 Å². The molecule has 0 aromatic carbocycles. The number of hydrogen-bond acceptors (Lipinski definition) is 2. The highest BCUT2D eigenvalue weighted by molar-refractivity contribution is 5.85. The fourth-order valence-electron chi connectivity index (χ4n) is 1.41. The van der Waals surface area contributed by atoms with E-state index >= 15 is 0 Å². The van der Waals surface area contributed by atoms with Crippen molar-refractivity contribution >= 4 is 5.97 Å². The van der Waals surface area contributed by atoms with Gasteiger partial charge in [-0.25, -0.2) is 8.78 Å². The maximum Gasteiger partial charge on any atom is 0.306 e. The first-order valence-electron chi connectivity index (χ1n) is 5.40. The van der Waals surface area contributed by atoms with Gasteiger partial charge in [0.2, 0.25) is 0 Å². The van der Waals surface area contributed by atoms with E-state index in [4.69, 9.17) is 10.2 Å². The summed E-state index contributed by atoms with van der Waals surface area (Å²) < 4.78 is 35.6. The molecular weight excluding hydrogens is 249 g/mol. The third-order valence-electron chi connectivity index (χ3n) is 2.65. The summed E-state index contributed by atoms with van der Waals surface area (Å²) in [5, 5.41) is 16.8. The number of carbonyl (C=O) groups is 1. The van der Waals surface area contributed by atoms with E-state index < -0.39 is 35.9 Å². The number of halogens is 3. The lowest BCUT2D eigenvalue weighted by atomic mass is 9.90. The second-order valence-electron chi connectivity index (χ2n) is 4.01. The lowest BCUT2D eigenvalue weighted by Crippen LogP contribution is -2.08. The third kappa shape index (κ3) is 2.75. The Morgan fingerprint density at radius 1 is 1.44 bits per heavy atom. The molecule has 0 bridgehead atoms. The third-order valence-corrected chi connectivity index (χ3v) is 2.65. The normalized spacial score (nSPS) is 12.4. The summed E-state index contributed by atoms with van der Waals surface area (Å²) in [6, 6.07) is 1.10. The Balaban J connectivity index is 0.000000180. The van der Waals surface area contributed by atoms with Gasteiger partial charge in [0.05, 0.1) is 18.2 Å². The Kier molecular flexibility index (Phi) is 4.58. The number of fused-ring (bicyclic) bond motifs is 1. The number of rotatable bonds is 4. The number of carboxylic acid groups (broad SMARTS) is 1. The van der Waals surface area contributed by atoms with Crippen molar-refractivity contribution in [3.63, 3.8) is 0 Å². The van der Waals surface area contributed by atoms with Gasteiger partial charge in [-0.15, -0.1) is 0 Å². The molecule has 0 aliphatic heterocycles. The molecule has 1 unspecified atom stereocenters. The maximum atomic E-state index is 12.1. The van der Waals surface area contributed by atoms with Crippen molar-refractivity contribution < 1.29 is 28.2 Å². The molecule has 0 saturated heterocycles. The van der Waals surface area contributed by atoms with Crippen LogP contribution < -0.4 is 0 Å². The second-order valence-corrected chi connectivity index (χ2v) is 4.01. The highest BCUT2D eigenvalue weighted by atomic mass is 19.1. The van der Waals surface area contributed by atoms with E-state index in [9.17, 15) is 18.0 Å². The summed E-state index contributed by atoms with van der Waals surface area (Å²) in [5.41, 5.74) is 0.262. The van der Waals surface area contributed by atoms with Crippen LogP contribution in [-0.4, -0.2) is 22.9 Å². The van der Waals surface area contributed by atoms with Crippen LogP contribution >= 0.6 is 0 Å². The summed E-state index contributed by atoms with van der Waals surface area (Å²) in [5.74, 6) is -3.04. The van der Waals surface area contributed by atoms with E-state index in [1.807, 2.05) is 0 Å². The topological polar surface area (TPSA) is 57.5 Å². The first-order chi connectivity index (χ1) is 8.40. The van der Waals surface area contributed by atoms with Gasteiger partial charge < -0.3 is 10.2 Å². The van der Waals surface area contributed by atoms with Crippen molar-refractivity contribution in [2.24, 2.45) is 5.92 Å². The van der Waals surface area contributed by atoms with Gasteiger partial charge in [-0.3, -0.25) is 9.18 Å². The second kappa shape index (κ2) is 5.75. The van der Waals surface area contributed by atoms with Crippen molar-refractivity contribution in [3.05, 3.63) is 17.7 Å². The number of hydrogen-bond donors (Lipinski definition) is 2. The van der Waals surface area contributed by atoms with Crippen molar-refractivity contribution in [3.8, 4) is 16.9 Å². The van der Waals surface area contributed by atoms with Crippen molar-refractivity contribution in [2.75, 3.05) is 6.67 Å². The van der Waals surface area contributed by atoms with Crippen LogP contribution in [0.2, 0.25) is 0 Å². The molecule has 100 valence electrons. The van der Waals surface area contributed by atoms with Crippen LogP contribution in [0.15, 0.2) is 6.07 Å². The Morgan fingerprint density at radius 2 is 2.06 bits per heavy atom. The molecule has 0 heterocycles. The Hall–Kier alpha value is -1.72. The SMILES string of the molecule is CC(CCCF)C(=O)O.Oc1c2cc(F)c-2c1F. The molecule has 0 aromatic heterocycles. The summed E-state index contributed by atoms with van der Waals surface area (Å²) in [6.07, 6.45) is 0.791. The van der Waals surface area contributed by atoms with Crippen LogP contribution in [0.25, 0.3) is 11.1 Å². The smallest absolute Gasteiger partial charge is 0.306 e. The first kappa shape index (κ1) is 14.3. The summed E-state index contributed by atoms with van der Waals surface area (Å²) in [6.45, 7) is 1.16. The average molecular weight is 262 g/mol. The zero-order valence-electron chi connectivity index (χ0n) is 9.71. The van der Waals surface area contributed by atoms with Gasteiger partial charge in [0, 0.05) is 5.56 Å². The molecule has 0 aromatic rings. The number of aliphatic carboxylic acids is 1. The van der Waals surface area contributed by atoms with Crippen LogP contribution in [0.4, 0.5) is 13.2 Å². The Morgan fingerprint density at radius 3 is 2.39 bits per heavy atom. The summed E-state index contributed by atoms with van der Waals surface area (Å²) >= 11 is 0. The van der Waals surface area contributed by atoms with Crippen molar-refractivity contribution in [1.29, 1.82) is 0 Å². The molecule has 2 rings (SSSR count). The summed E-state index contributed by atoms with van der Waals surface area (Å²) in [7, 11) is 0. The summed E-state index contributed by atoms with van der Waals surface area (Å²) in [4.78, 5) is 10.1. The molecule has 2 aliphatic rings. The van der Waals surface area contributed by atoms with Crippen LogP contribution in [0.5, 0.6) is 5.75 Å². The molecular formula is C12H13F3O3. The molecule has 2 aliphatic carbocycles. The van der Waals surface area contributed by atoms with Crippen LogP contribution in [-0.2, 0) is 4.79 Å². The molecule has 0 fully saturated rings. The quantitative estimate of drug-likeness (QED) is 0.890. The monoisotopic (exact) mass is 262 g/mol. The van der Waals surface area contributed by atoms with Crippen molar-refractivity contribution in [1.82, 2.24) is 0 Å². The van der Waals surface area contributed by atoms with Gasteiger partial charge in [0.15, 0.2) is 11.6 Å². The molecule has 6 heteroatoms. The Labute approximate surface area is 102 Å². The molecule has 18 heavy (non-hydrogen) atoms. The first-order valence-corrected chi connectivity index (χ1v) is 5.40. The van der Waals surface area contributed by atoms with Gasteiger partial charge >= 0.3 is 5.97 Å². The standard InChI is InChI=1S/C6H2F2O.C6H11FO2/c7-3-1-2-4(3)5(8)6(2)9;1-5(6(8)9)3-2-4-7/h1,9H;5H,2-4H2,1H3,(H,8,9). The fraction of sp³-hybridized carbons (Fsp3) is 0.417. The van der Waals surface area contributed by atoms with E-state index in [1.165, 1.54) is 0 Å². The molecule has 2 N–H and O–H groups in total. The van der Waals surface area contributed by atoms with Gasteiger partial charge in [0.25, 0.3) is 0 Å². The minimum atomic E-state index is -0.844. The highest BCUT2D eigenvalue weighted by Crippen LogP contribution is 2.48. The number of phenolic OH excluding ortho intramolecular Hbond substituents is 1. The van der Waals surface area contributed by atoms with Crippen LogP contribution in [0.1, 0.15) is 19.8 Å². The van der Waals surface area contributed by atoms with E-state index in [0.717, 1.165) is 6.07 Å². The van der Waals surface area contributed by atoms with E-state index in [2.05, 4.69) is 0 Å². The van der Waals surface area contributed by atoms with Gasteiger partial charge in [-0.2, -0.15) is 0 Å². The minimum absolute atomic E-state index is 0.0486. The molecule has 0 saturated carbocycles. The lowest BCUT2D eigenvalue weighted by molar-refractivity contribution is -0.141. The molecule has 0 radical (unpaired) electrons. The predicted molar refractivity (Wildman–Crippen MR) is 59.0 cm³/mol. The number of carboxylic acids is 1. The zero-order chi connectivity index (χ0) is 13.9. The van der Waals surface area contributed by atoms with Gasteiger partial charge in [0.1, 0.15) is 5.82 Å². The van der Waals surface area contributed by atoms with Crippen molar-refractivity contribution in [2.45, 2.75) is 19.8 Å². The zero-order valence-corrected chi connectivity index (χ0v) is 9.71. The van der Waals surface area contributed by atoms with Gasteiger partial charge in [-0.1, -0.05) is 6.92 Å². The average Bonchev–Trinajstić information content (AvgIpc) is 2.32. The number of alkyl halides is 1. The molecule has 0 amide bonds. The number of phenols is 1. The van der Waals surface area contributed by atoms with Crippen LogP contribution in [0, 0.1) is 17.6 Å². The maximum absolute atomic E-state index is 12.1. The van der Waals surface area contributed by atoms with E-state index in [1.54, 1.807) is 6.92 Å². The predicted octanol–water partition coefficient (Wildman–Crippen LogP) is 3.11. The largest absolute Gasteiger partial charge is 0.504 e. The van der Waals surface area contributed by atoms with E-state index in [-0.39, 0.29) is 5.56 Å². The fourth-order valence-corrected chi connectivity index (χ4v) is 1.41. The highest BCUT2D eigenvalue weighted by Gasteiger charge is 2.31. The van der Waals surface area contributed by atoms with Crippen LogP contribution in [0.3, 0.4) is 0 Å². The molecule has 3 nitrogen and oxygen atoms in total. The Bertz CT molecular complexity index is 460. The lowest BCUT2D eigenvalue weighted by Gasteiger charge is -2.19. The number of benzene rings is 1.